The summed E-state index contributed by atoms with van der Waals surface area (Å²) in [5.74, 6) is -0.150. The first kappa shape index (κ1) is 14.1. The standard InChI is InChI=1S/C14H13Cl2NO2S/c15-8-3-4-10-11(6-8)20-13(12(10)16)14(18)17-7-9-2-1-5-19-9/h3-4,6,9H,1-2,5,7H2,(H,17,18)/t9-/m0/s1. The molecule has 1 N–H and O–H groups in total. The van der Waals surface area contributed by atoms with Crippen LogP contribution >= 0.6 is 34.5 Å². The Morgan fingerprint density at radius 3 is 3.05 bits per heavy atom. The summed E-state index contributed by atoms with van der Waals surface area (Å²) in [5.41, 5.74) is 0. The molecule has 3 rings (SSSR count). The van der Waals surface area contributed by atoms with E-state index < -0.39 is 0 Å². The van der Waals surface area contributed by atoms with Gasteiger partial charge in [-0.3, -0.25) is 4.79 Å². The number of hydrogen-bond acceptors (Lipinski definition) is 3. The Morgan fingerprint density at radius 1 is 1.45 bits per heavy atom. The highest BCUT2D eigenvalue weighted by atomic mass is 35.5. The molecule has 2 aromatic rings. The quantitative estimate of drug-likeness (QED) is 0.919. The van der Waals surface area contributed by atoms with Gasteiger partial charge in [0.15, 0.2) is 0 Å². The van der Waals surface area contributed by atoms with E-state index in [9.17, 15) is 4.79 Å². The van der Waals surface area contributed by atoms with Crippen LogP contribution in [0.3, 0.4) is 0 Å². The summed E-state index contributed by atoms with van der Waals surface area (Å²) in [5, 5.41) is 4.88. The fourth-order valence-corrected chi connectivity index (χ4v) is 3.99. The molecule has 3 nitrogen and oxygen atoms in total. The fraction of sp³-hybridized carbons (Fsp3) is 0.357. The maximum Gasteiger partial charge on any atom is 0.263 e. The Balaban J connectivity index is 1.78. The normalized spacial score (nSPS) is 18.6. The van der Waals surface area contributed by atoms with Crippen molar-refractivity contribution in [1.82, 2.24) is 5.32 Å². The van der Waals surface area contributed by atoms with Gasteiger partial charge < -0.3 is 10.1 Å². The minimum absolute atomic E-state index is 0.126. The molecule has 1 saturated heterocycles. The van der Waals surface area contributed by atoms with Gasteiger partial charge in [0, 0.05) is 28.3 Å². The summed E-state index contributed by atoms with van der Waals surface area (Å²) < 4.78 is 6.40. The lowest BCUT2D eigenvalue weighted by atomic mass is 10.2. The second kappa shape index (κ2) is 5.90. The number of carbonyl (C=O) groups excluding carboxylic acids is 1. The smallest absolute Gasteiger partial charge is 0.263 e. The van der Waals surface area contributed by atoms with Crippen molar-refractivity contribution in [2.45, 2.75) is 18.9 Å². The number of nitrogens with one attached hydrogen (secondary N) is 1. The van der Waals surface area contributed by atoms with Crippen LogP contribution in [0.4, 0.5) is 0 Å². The minimum atomic E-state index is -0.150. The van der Waals surface area contributed by atoms with Crippen LogP contribution in [-0.4, -0.2) is 25.2 Å². The Hall–Kier alpha value is -0.810. The zero-order valence-corrected chi connectivity index (χ0v) is 12.9. The number of carbonyl (C=O) groups is 1. The molecule has 2 heterocycles. The zero-order valence-electron chi connectivity index (χ0n) is 10.6. The van der Waals surface area contributed by atoms with E-state index in [4.69, 9.17) is 27.9 Å². The van der Waals surface area contributed by atoms with E-state index in [1.54, 1.807) is 6.07 Å². The van der Waals surface area contributed by atoms with Crippen LogP contribution in [0.5, 0.6) is 0 Å². The molecule has 6 heteroatoms. The molecular weight excluding hydrogens is 317 g/mol. The van der Waals surface area contributed by atoms with Crippen molar-refractivity contribution < 1.29 is 9.53 Å². The SMILES string of the molecule is O=C(NC[C@@H]1CCCO1)c1sc2cc(Cl)ccc2c1Cl. The molecule has 1 aromatic heterocycles. The van der Waals surface area contributed by atoms with Crippen molar-refractivity contribution in [3.8, 4) is 0 Å². The van der Waals surface area contributed by atoms with Crippen molar-refractivity contribution in [3.63, 3.8) is 0 Å². The maximum atomic E-state index is 12.2. The number of benzene rings is 1. The van der Waals surface area contributed by atoms with Gasteiger partial charge in [0.2, 0.25) is 0 Å². The number of fused-ring (bicyclic) bond motifs is 1. The second-order valence-corrected chi connectivity index (χ2v) is 6.60. The van der Waals surface area contributed by atoms with Crippen molar-refractivity contribution in [2.75, 3.05) is 13.2 Å². The van der Waals surface area contributed by atoms with Gasteiger partial charge in [0.1, 0.15) is 4.88 Å². The number of rotatable bonds is 3. The summed E-state index contributed by atoms with van der Waals surface area (Å²) in [6.07, 6.45) is 2.18. The molecule has 1 fully saturated rings. The van der Waals surface area contributed by atoms with Crippen molar-refractivity contribution in [1.29, 1.82) is 0 Å². The summed E-state index contributed by atoms with van der Waals surface area (Å²) in [6.45, 7) is 1.31. The first-order valence-electron chi connectivity index (χ1n) is 6.42. The van der Waals surface area contributed by atoms with Crippen LogP contribution in [0, 0.1) is 0 Å². The molecule has 0 radical (unpaired) electrons. The number of thiophene rings is 1. The monoisotopic (exact) mass is 329 g/mol. The number of hydrogen-bond donors (Lipinski definition) is 1. The largest absolute Gasteiger partial charge is 0.376 e. The number of halogens is 2. The average Bonchev–Trinajstić information content (AvgIpc) is 3.04. The molecule has 1 aliphatic rings. The Morgan fingerprint density at radius 2 is 2.30 bits per heavy atom. The van der Waals surface area contributed by atoms with E-state index in [1.807, 2.05) is 12.1 Å². The van der Waals surface area contributed by atoms with E-state index in [1.165, 1.54) is 11.3 Å². The number of amides is 1. The van der Waals surface area contributed by atoms with E-state index in [0.29, 0.717) is 21.5 Å². The summed E-state index contributed by atoms with van der Waals surface area (Å²) in [7, 11) is 0. The van der Waals surface area contributed by atoms with Crippen LogP contribution in [0.15, 0.2) is 18.2 Å². The average molecular weight is 330 g/mol. The third-order valence-corrected chi connectivity index (χ3v) is 5.20. The molecule has 0 aliphatic carbocycles. The Labute approximate surface area is 130 Å². The number of ether oxygens (including phenoxy) is 1. The van der Waals surface area contributed by atoms with E-state index in [0.717, 1.165) is 29.5 Å². The van der Waals surface area contributed by atoms with Gasteiger partial charge in [-0.05, 0) is 25.0 Å². The molecule has 1 aliphatic heterocycles. The lowest BCUT2D eigenvalue weighted by Gasteiger charge is -2.09. The first-order chi connectivity index (χ1) is 9.65. The topological polar surface area (TPSA) is 38.3 Å². The van der Waals surface area contributed by atoms with E-state index >= 15 is 0 Å². The first-order valence-corrected chi connectivity index (χ1v) is 8.00. The molecule has 0 spiro atoms. The maximum absolute atomic E-state index is 12.2. The second-order valence-electron chi connectivity index (χ2n) is 4.73. The van der Waals surface area contributed by atoms with Crippen LogP contribution in [0.2, 0.25) is 10.0 Å². The van der Waals surface area contributed by atoms with Crippen molar-refractivity contribution in [3.05, 3.63) is 33.1 Å². The van der Waals surface area contributed by atoms with Crippen LogP contribution < -0.4 is 5.32 Å². The molecular formula is C14H13Cl2NO2S. The molecule has 20 heavy (non-hydrogen) atoms. The fourth-order valence-electron chi connectivity index (χ4n) is 2.28. The predicted octanol–water partition coefficient (Wildman–Crippen LogP) is 4.12. The lowest BCUT2D eigenvalue weighted by molar-refractivity contribution is 0.0861. The van der Waals surface area contributed by atoms with Gasteiger partial charge in [0.25, 0.3) is 5.91 Å². The molecule has 0 bridgehead atoms. The molecule has 0 saturated carbocycles. The summed E-state index contributed by atoms with van der Waals surface area (Å²) in [4.78, 5) is 12.7. The van der Waals surface area contributed by atoms with Crippen LogP contribution in [0.25, 0.3) is 10.1 Å². The molecule has 0 unspecified atom stereocenters. The van der Waals surface area contributed by atoms with Gasteiger partial charge in [0.05, 0.1) is 11.1 Å². The van der Waals surface area contributed by atoms with Gasteiger partial charge in [-0.15, -0.1) is 11.3 Å². The predicted molar refractivity (Wildman–Crippen MR) is 83.2 cm³/mol. The lowest BCUT2D eigenvalue weighted by Crippen LogP contribution is -2.31. The van der Waals surface area contributed by atoms with Gasteiger partial charge in [-0.1, -0.05) is 29.3 Å². The highest BCUT2D eigenvalue weighted by Crippen LogP contribution is 2.36. The minimum Gasteiger partial charge on any atom is -0.376 e. The van der Waals surface area contributed by atoms with Crippen LogP contribution in [0.1, 0.15) is 22.5 Å². The van der Waals surface area contributed by atoms with Crippen molar-refractivity contribution >= 4 is 50.5 Å². The van der Waals surface area contributed by atoms with Gasteiger partial charge in [-0.2, -0.15) is 0 Å². The van der Waals surface area contributed by atoms with Crippen molar-refractivity contribution in [2.24, 2.45) is 0 Å². The van der Waals surface area contributed by atoms with Gasteiger partial charge >= 0.3 is 0 Å². The summed E-state index contributed by atoms with van der Waals surface area (Å²) in [6, 6.07) is 5.44. The van der Waals surface area contributed by atoms with Crippen LogP contribution in [-0.2, 0) is 4.74 Å². The highest BCUT2D eigenvalue weighted by Gasteiger charge is 2.20. The van der Waals surface area contributed by atoms with E-state index in [2.05, 4.69) is 5.32 Å². The third kappa shape index (κ3) is 2.79. The molecule has 1 aromatic carbocycles. The third-order valence-electron chi connectivity index (χ3n) is 3.31. The molecule has 1 atom stereocenters. The highest BCUT2D eigenvalue weighted by molar-refractivity contribution is 7.21. The summed E-state index contributed by atoms with van der Waals surface area (Å²) >= 11 is 13.6. The molecule has 106 valence electrons. The zero-order chi connectivity index (χ0) is 14.1. The van der Waals surface area contributed by atoms with E-state index in [-0.39, 0.29) is 12.0 Å². The van der Waals surface area contributed by atoms with Gasteiger partial charge in [-0.25, -0.2) is 0 Å². The molecule has 1 amide bonds. The Kier molecular flexibility index (Phi) is 4.17. The Bertz CT molecular complexity index is 650.